The molecule has 0 saturated carbocycles. The number of fused-ring (bicyclic) bond motifs is 1. The highest BCUT2D eigenvalue weighted by atomic mass is 32.2. The zero-order chi connectivity index (χ0) is 19.7. The predicted octanol–water partition coefficient (Wildman–Crippen LogP) is 1.98. The van der Waals surface area contributed by atoms with Gasteiger partial charge in [-0.25, -0.2) is 4.79 Å². The van der Waals surface area contributed by atoms with Crippen LogP contribution < -0.4 is 5.32 Å². The van der Waals surface area contributed by atoms with Gasteiger partial charge >= 0.3 is 5.97 Å². The zero-order valence-electron chi connectivity index (χ0n) is 15.6. The van der Waals surface area contributed by atoms with E-state index >= 15 is 0 Å². The number of anilines is 1. The van der Waals surface area contributed by atoms with E-state index in [0.29, 0.717) is 6.42 Å². The number of carbonyl (C=O) groups is 2. The molecule has 0 aliphatic carbocycles. The predicted molar refractivity (Wildman–Crippen MR) is 110 cm³/mol. The molecule has 3 N–H and O–H groups in total. The third-order valence-electron chi connectivity index (χ3n) is 5.10. The quantitative estimate of drug-likeness (QED) is 0.449. The van der Waals surface area contributed by atoms with Gasteiger partial charge in [0, 0.05) is 40.7 Å². The number of hydrogen-bond donors (Lipinski definition) is 3. The molecule has 0 radical (unpaired) electrons. The van der Waals surface area contributed by atoms with E-state index in [0.717, 1.165) is 22.1 Å². The summed E-state index contributed by atoms with van der Waals surface area (Å²) >= 11 is 1.53. The SMILES string of the molecule is CNc1ccc([S+](C)CCSC2=C(C(=O)O)N3C(=O)C([C@@H](C)O)C3C2)cc1. The lowest BCUT2D eigenvalue weighted by atomic mass is 9.83. The van der Waals surface area contributed by atoms with Gasteiger partial charge in [0.1, 0.15) is 17.7 Å². The zero-order valence-corrected chi connectivity index (χ0v) is 17.3. The van der Waals surface area contributed by atoms with Crippen molar-refractivity contribution in [1.82, 2.24) is 4.90 Å². The van der Waals surface area contributed by atoms with Gasteiger partial charge in [-0.15, -0.1) is 11.8 Å². The van der Waals surface area contributed by atoms with E-state index in [2.05, 4.69) is 35.8 Å². The van der Waals surface area contributed by atoms with Crippen molar-refractivity contribution in [2.45, 2.75) is 30.4 Å². The number of carboxylic acids is 1. The molecule has 3 rings (SSSR count). The first-order valence-corrected chi connectivity index (χ1v) is 11.6. The monoisotopic (exact) mass is 409 g/mol. The standard InChI is InChI=1S/C19H24N2O4S2/c1-11(22)16-14-10-15(17(19(24)25)21(14)18(16)23)26-8-9-27(3)13-6-4-12(20-2)5-7-13/h4-7,11,14,16,20,22H,8-10H2,1-3H3/p+1/t11-,14?,16?,27?/m1/s1. The molecule has 27 heavy (non-hydrogen) atoms. The van der Waals surface area contributed by atoms with Gasteiger partial charge in [0.05, 0.1) is 18.1 Å². The molecule has 1 saturated heterocycles. The largest absolute Gasteiger partial charge is 0.477 e. The molecule has 4 atom stereocenters. The van der Waals surface area contributed by atoms with Crippen molar-refractivity contribution in [2.24, 2.45) is 5.92 Å². The molecule has 0 spiro atoms. The van der Waals surface area contributed by atoms with Crippen LogP contribution in [-0.2, 0) is 20.5 Å². The molecule has 8 heteroatoms. The van der Waals surface area contributed by atoms with Crippen LogP contribution in [0.5, 0.6) is 0 Å². The number of carboxylic acid groups (broad SMARTS) is 1. The lowest BCUT2D eigenvalue weighted by Gasteiger charge is -2.44. The molecular weight excluding hydrogens is 384 g/mol. The number of aliphatic carboxylic acids is 1. The van der Waals surface area contributed by atoms with Crippen molar-refractivity contribution >= 4 is 40.2 Å². The lowest BCUT2D eigenvalue weighted by Crippen LogP contribution is -2.61. The average molecular weight is 410 g/mol. The van der Waals surface area contributed by atoms with Crippen molar-refractivity contribution in [1.29, 1.82) is 0 Å². The number of nitrogens with zero attached hydrogens (tertiary/aromatic N) is 1. The number of rotatable bonds is 8. The fraction of sp³-hybridized carbons (Fsp3) is 0.474. The highest BCUT2D eigenvalue weighted by Gasteiger charge is 2.56. The number of carbonyl (C=O) groups excluding carboxylic acids is 1. The number of β-lactam (4-membered cyclic amide) rings is 1. The molecule has 6 nitrogen and oxygen atoms in total. The number of aliphatic hydroxyl groups is 1. The smallest absolute Gasteiger partial charge is 0.353 e. The summed E-state index contributed by atoms with van der Waals surface area (Å²) < 4.78 is 0. The minimum Gasteiger partial charge on any atom is -0.477 e. The van der Waals surface area contributed by atoms with Crippen LogP contribution in [-0.4, -0.2) is 63.9 Å². The molecule has 0 bridgehead atoms. The van der Waals surface area contributed by atoms with Gasteiger partial charge in [0.25, 0.3) is 0 Å². The minimum atomic E-state index is -1.06. The Morgan fingerprint density at radius 3 is 2.63 bits per heavy atom. The van der Waals surface area contributed by atoms with E-state index in [1.807, 2.05) is 7.05 Å². The maximum Gasteiger partial charge on any atom is 0.353 e. The van der Waals surface area contributed by atoms with Gasteiger partial charge < -0.3 is 20.4 Å². The molecule has 1 aromatic carbocycles. The maximum atomic E-state index is 12.2. The van der Waals surface area contributed by atoms with Crippen molar-refractivity contribution < 1.29 is 19.8 Å². The van der Waals surface area contributed by atoms with Crippen LogP contribution in [0.15, 0.2) is 39.8 Å². The fourth-order valence-corrected chi connectivity index (χ4v) is 6.65. The molecule has 1 fully saturated rings. The summed E-state index contributed by atoms with van der Waals surface area (Å²) in [5.74, 6) is -0.0752. The maximum absolute atomic E-state index is 12.2. The third kappa shape index (κ3) is 3.83. The fourth-order valence-electron chi connectivity index (χ4n) is 3.62. The number of nitrogens with one attached hydrogen (secondary N) is 1. The summed E-state index contributed by atoms with van der Waals surface area (Å²) in [6.07, 6.45) is 1.97. The highest BCUT2D eigenvalue weighted by Crippen LogP contribution is 2.47. The van der Waals surface area contributed by atoms with Gasteiger partial charge in [0.15, 0.2) is 4.90 Å². The van der Waals surface area contributed by atoms with Crippen LogP contribution >= 0.6 is 11.8 Å². The number of hydrogen-bond acceptors (Lipinski definition) is 5. The van der Waals surface area contributed by atoms with Crippen molar-refractivity contribution in [3.8, 4) is 0 Å². The first-order valence-electron chi connectivity index (χ1n) is 8.86. The summed E-state index contributed by atoms with van der Waals surface area (Å²) in [7, 11) is 1.96. The Bertz CT molecular complexity index is 763. The Kier molecular flexibility index (Phi) is 6.08. The summed E-state index contributed by atoms with van der Waals surface area (Å²) in [4.78, 5) is 27.3. The normalized spacial score (nSPS) is 23.7. The summed E-state index contributed by atoms with van der Waals surface area (Å²) in [5.41, 5.74) is 1.19. The van der Waals surface area contributed by atoms with E-state index in [9.17, 15) is 19.8 Å². The third-order valence-corrected chi connectivity index (χ3v) is 8.37. The minimum absolute atomic E-state index is 0.0720. The van der Waals surface area contributed by atoms with Crippen LogP contribution in [0.2, 0.25) is 0 Å². The van der Waals surface area contributed by atoms with E-state index in [1.54, 1.807) is 6.92 Å². The molecule has 2 heterocycles. The Hall–Kier alpha value is -1.64. The molecule has 1 amide bonds. The van der Waals surface area contributed by atoms with Gasteiger partial charge in [-0.1, -0.05) is 0 Å². The summed E-state index contributed by atoms with van der Waals surface area (Å²) in [6, 6.07) is 8.14. The number of amides is 1. The molecule has 2 aliphatic heterocycles. The topological polar surface area (TPSA) is 89.9 Å². The van der Waals surface area contributed by atoms with E-state index in [-0.39, 0.29) is 28.5 Å². The van der Waals surface area contributed by atoms with Gasteiger partial charge in [-0.2, -0.15) is 0 Å². The van der Waals surface area contributed by atoms with E-state index < -0.39 is 18.0 Å². The number of benzene rings is 1. The van der Waals surface area contributed by atoms with Crippen LogP contribution in [0, 0.1) is 5.92 Å². The van der Waals surface area contributed by atoms with Gasteiger partial charge in [0.2, 0.25) is 5.91 Å². The second kappa shape index (κ2) is 8.16. The molecule has 1 aromatic rings. The van der Waals surface area contributed by atoms with Crippen LogP contribution in [0.4, 0.5) is 5.69 Å². The van der Waals surface area contributed by atoms with Crippen LogP contribution in [0.3, 0.4) is 0 Å². The molecule has 2 aliphatic rings. The van der Waals surface area contributed by atoms with E-state index in [4.69, 9.17) is 0 Å². The highest BCUT2D eigenvalue weighted by molar-refractivity contribution is 8.04. The summed E-state index contributed by atoms with van der Waals surface area (Å²) in [5, 5.41) is 22.4. The number of thioether (sulfide) groups is 1. The molecule has 3 unspecified atom stereocenters. The van der Waals surface area contributed by atoms with Gasteiger partial charge in [-0.3, -0.25) is 4.79 Å². The Morgan fingerprint density at radius 2 is 2.07 bits per heavy atom. The van der Waals surface area contributed by atoms with E-state index in [1.165, 1.54) is 21.6 Å². The van der Waals surface area contributed by atoms with Crippen LogP contribution in [0.25, 0.3) is 0 Å². The number of aliphatic hydroxyl groups excluding tert-OH is 1. The Morgan fingerprint density at radius 1 is 1.41 bits per heavy atom. The second-order valence-electron chi connectivity index (χ2n) is 6.79. The molecule has 146 valence electrons. The Labute approximate surface area is 166 Å². The summed E-state index contributed by atoms with van der Waals surface area (Å²) in [6.45, 7) is 1.59. The van der Waals surface area contributed by atoms with Crippen molar-refractivity contribution in [3.05, 3.63) is 34.9 Å². The first-order chi connectivity index (χ1) is 12.8. The lowest BCUT2D eigenvalue weighted by molar-refractivity contribution is -0.161. The van der Waals surface area contributed by atoms with Crippen LogP contribution in [0.1, 0.15) is 13.3 Å². The average Bonchev–Trinajstić information content (AvgIpc) is 2.95. The van der Waals surface area contributed by atoms with Gasteiger partial charge in [-0.05, 0) is 31.2 Å². The second-order valence-corrected chi connectivity index (χ2v) is 10.1. The van der Waals surface area contributed by atoms with Crippen molar-refractivity contribution in [2.75, 3.05) is 30.1 Å². The Balaban J connectivity index is 1.61. The first kappa shape index (κ1) is 20.1. The molecule has 0 aromatic heterocycles. The van der Waals surface area contributed by atoms with Crippen molar-refractivity contribution in [3.63, 3.8) is 0 Å². The molecular formula is C19H25N2O4S2+.